The molecule has 24 heavy (non-hydrogen) atoms. The molecule has 0 aliphatic heterocycles. The van der Waals surface area contributed by atoms with E-state index in [4.69, 9.17) is 16.3 Å². The molecule has 0 aliphatic carbocycles. The van der Waals surface area contributed by atoms with E-state index >= 15 is 0 Å². The van der Waals surface area contributed by atoms with Gasteiger partial charge in [-0.05, 0) is 54.4 Å². The highest BCUT2D eigenvalue weighted by Gasteiger charge is 2.12. The van der Waals surface area contributed by atoms with E-state index in [1.165, 1.54) is 6.21 Å². The number of hydrogen-bond donors (Lipinski definition) is 1. The monoisotopic (exact) mass is 370 g/mol. The van der Waals surface area contributed by atoms with Gasteiger partial charge in [0, 0.05) is 0 Å². The Kier molecular flexibility index (Phi) is 6.16. The second kappa shape index (κ2) is 8.12. The van der Waals surface area contributed by atoms with Crippen molar-refractivity contribution in [3.63, 3.8) is 0 Å². The number of sulfonamides is 1. The summed E-state index contributed by atoms with van der Waals surface area (Å²) in [5, 5.41) is 4.10. The smallest absolute Gasteiger partial charge is 0.276 e. The number of rotatable bonds is 7. The van der Waals surface area contributed by atoms with Gasteiger partial charge in [0.2, 0.25) is 0 Å². The zero-order chi connectivity index (χ0) is 17.6. The van der Waals surface area contributed by atoms with Gasteiger partial charge in [-0.3, -0.25) is 0 Å². The molecule has 5 nitrogen and oxygen atoms in total. The summed E-state index contributed by atoms with van der Waals surface area (Å²) in [6.45, 7) is 2.55. The summed E-state index contributed by atoms with van der Waals surface area (Å²) in [7, 11) is -3.85. The number of halogens is 2. The lowest BCUT2D eigenvalue weighted by atomic mass is 10.2. The third-order valence-corrected chi connectivity index (χ3v) is 4.46. The van der Waals surface area contributed by atoms with Crippen LogP contribution in [-0.2, 0) is 10.0 Å². The first-order valence-electron chi connectivity index (χ1n) is 7.15. The van der Waals surface area contributed by atoms with Crippen molar-refractivity contribution in [2.75, 3.05) is 6.61 Å². The second-order valence-electron chi connectivity index (χ2n) is 4.85. The van der Waals surface area contributed by atoms with Gasteiger partial charge >= 0.3 is 0 Å². The number of hydrazone groups is 1. The van der Waals surface area contributed by atoms with E-state index in [9.17, 15) is 12.8 Å². The van der Waals surface area contributed by atoms with Crippen LogP contribution in [0.1, 0.15) is 18.9 Å². The van der Waals surface area contributed by atoms with Crippen molar-refractivity contribution in [1.29, 1.82) is 0 Å². The lowest BCUT2D eigenvalue weighted by molar-refractivity contribution is 0.317. The zero-order valence-corrected chi connectivity index (χ0v) is 14.4. The lowest BCUT2D eigenvalue weighted by Crippen LogP contribution is -2.18. The number of hydrogen-bond acceptors (Lipinski definition) is 4. The zero-order valence-electron chi connectivity index (χ0n) is 12.9. The van der Waals surface area contributed by atoms with E-state index in [1.807, 2.05) is 6.92 Å². The molecule has 0 spiro atoms. The van der Waals surface area contributed by atoms with Crippen molar-refractivity contribution in [2.45, 2.75) is 18.2 Å². The molecule has 0 aliphatic rings. The Morgan fingerprint density at radius 1 is 1.25 bits per heavy atom. The molecule has 128 valence electrons. The molecular weight excluding hydrogens is 355 g/mol. The highest BCUT2D eigenvalue weighted by Crippen LogP contribution is 2.25. The highest BCUT2D eigenvalue weighted by atomic mass is 35.5. The molecule has 0 bridgehead atoms. The first-order valence-corrected chi connectivity index (χ1v) is 9.01. The summed E-state index contributed by atoms with van der Waals surface area (Å²) >= 11 is 6.08. The van der Waals surface area contributed by atoms with Crippen LogP contribution < -0.4 is 9.57 Å². The average Bonchev–Trinajstić information content (AvgIpc) is 2.54. The van der Waals surface area contributed by atoms with Crippen LogP contribution in [0.15, 0.2) is 52.5 Å². The Morgan fingerprint density at radius 2 is 1.96 bits per heavy atom. The Labute approximate surface area is 145 Å². The van der Waals surface area contributed by atoms with E-state index in [1.54, 1.807) is 18.2 Å². The Hall–Kier alpha value is -2.12. The van der Waals surface area contributed by atoms with Crippen LogP contribution >= 0.6 is 11.6 Å². The SMILES string of the molecule is CCCOc1ccc(/C=N/NS(=O)(=O)c2ccc(F)cc2)cc1Cl. The fraction of sp³-hybridized carbons (Fsp3) is 0.188. The van der Waals surface area contributed by atoms with Crippen LogP contribution in [0.25, 0.3) is 0 Å². The van der Waals surface area contributed by atoms with Crippen molar-refractivity contribution in [1.82, 2.24) is 4.83 Å². The van der Waals surface area contributed by atoms with E-state index in [-0.39, 0.29) is 4.90 Å². The molecule has 0 unspecified atom stereocenters. The summed E-state index contributed by atoms with van der Waals surface area (Å²) < 4.78 is 42.2. The van der Waals surface area contributed by atoms with Gasteiger partial charge in [-0.25, -0.2) is 9.22 Å². The molecule has 0 saturated carbocycles. The lowest BCUT2D eigenvalue weighted by Gasteiger charge is -2.07. The maximum Gasteiger partial charge on any atom is 0.276 e. The molecule has 2 aromatic rings. The molecule has 0 saturated heterocycles. The van der Waals surface area contributed by atoms with Crippen LogP contribution in [0.2, 0.25) is 5.02 Å². The topological polar surface area (TPSA) is 67.8 Å². The van der Waals surface area contributed by atoms with Crippen LogP contribution in [0, 0.1) is 5.82 Å². The first-order chi connectivity index (χ1) is 11.4. The quantitative estimate of drug-likeness (QED) is 0.598. The minimum absolute atomic E-state index is 0.0811. The molecule has 1 N–H and O–H groups in total. The summed E-state index contributed by atoms with van der Waals surface area (Å²) in [5.74, 6) is 0.0417. The second-order valence-corrected chi connectivity index (χ2v) is 6.91. The standard InChI is InChI=1S/C16H16ClFN2O3S/c1-2-9-23-16-8-3-12(10-15(16)17)11-19-20-24(21,22)14-6-4-13(18)5-7-14/h3-8,10-11,20H,2,9H2,1H3/b19-11+. The van der Waals surface area contributed by atoms with E-state index in [0.29, 0.717) is 22.9 Å². The molecule has 0 heterocycles. The van der Waals surface area contributed by atoms with Crippen LogP contribution in [0.5, 0.6) is 5.75 Å². The highest BCUT2D eigenvalue weighted by molar-refractivity contribution is 7.89. The number of nitrogens with one attached hydrogen (secondary N) is 1. The summed E-state index contributed by atoms with van der Waals surface area (Å²) in [6, 6.07) is 9.44. The minimum atomic E-state index is -3.85. The van der Waals surface area contributed by atoms with Gasteiger partial charge in [0.25, 0.3) is 10.0 Å². The van der Waals surface area contributed by atoms with Crippen LogP contribution in [0.4, 0.5) is 4.39 Å². The Bertz CT molecular complexity index is 824. The maximum atomic E-state index is 12.8. The molecule has 0 atom stereocenters. The summed E-state index contributed by atoms with van der Waals surface area (Å²) in [5.41, 5.74) is 0.602. The molecule has 2 aromatic carbocycles. The van der Waals surface area contributed by atoms with E-state index in [2.05, 4.69) is 9.93 Å². The van der Waals surface area contributed by atoms with Crippen LogP contribution in [-0.4, -0.2) is 21.2 Å². The van der Waals surface area contributed by atoms with Gasteiger partial charge < -0.3 is 4.74 Å². The van der Waals surface area contributed by atoms with Crippen molar-refractivity contribution >= 4 is 27.8 Å². The fourth-order valence-corrected chi connectivity index (χ4v) is 2.80. The van der Waals surface area contributed by atoms with Gasteiger partial charge in [-0.2, -0.15) is 13.5 Å². The van der Waals surface area contributed by atoms with Gasteiger partial charge in [-0.1, -0.05) is 18.5 Å². The predicted molar refractivity (Wildman–Crippen MR) is 91.6 cm³/mol. The maximum absolute atomic E-state index is 12.8. The van der Waals surface area contributed by atoms with Crippen molar-refractivity contribution in [3.05, 3.63) is 58.9 Å². The first kappa shape index (κ1) is 18.2. The normalized spacial score (nSPS) is 11.6. The average molecular weight is 371 g/mol. The summed E-state index contributed by atoms with van der Waals surface area (Å²) in [6.07, 6.45) is 2.18. The van der Waals surface area contributed by atoms with Crippen LogP contribution in [0.3, 0.4) is 0 Å². The van der Waals surface area contributed by atoms with Gasteiger partial charge in [0.05, 0.1) is 22.7 Å². The number of nitrogens with zero attached hydrogens (tertiary/aromatic N) is 1. The van der Waals surface area contributed by atoms with Gasteiger partial charge in [-0.15, -0.1) is 0 Å². The largest absolute Gasteiger partial charge is 0.492 e. The van der Waals surface area contributed by atoms with Gasteiger partial charge in [0.15, 0.2) is 0 Å². The van der Waals surface area contributed by atoms with Crippen molar-refractivity contribution < 1.29 is 17.5 Å². The molecule has 0 fully saturated rings. The summed E-state index contributed by atoms with van der Waals surface area (Å²) in [4.78, 5) is 1.98. The number of ether oxygens (including phenoxy) is 1. The molecular formula is C16H16ClFN2O3S. The van der Waals surface area contributed by atoms with Crippen molar-refractivity contribution in [3.8, 4) is 5.75 Å². The minimum Gasteiger partial charge on any atom is -0.492 e. The third-order valence-electron chi connectivity index (χ3n) is 2.93. The van der Waals surface area contributed by atoms with Crippen molar-refractivity contribution in [2.24, 2.45) is 5.10 Å². The molecule has 0 aromatic heterocycles. The number of benzene rings is 2. The molecule has 0 radical (unpaired) electrons. The van der Waals surface area contributed by atoms with E-state index < -0.39 is 15.8 Å². The fourth-order valence-electron chi connectivity index (χ4n) is 1.76. The molecule has 0 amide bonds. The Morgan fingerprint density at radius 3 is 2.58 bits per heavy atom. The predicted octanol–water partition coefficient (Wildman–Crippen LogP) is 3.58. The molecule has 8 heteroatoms. The molecule has 2 rings (SSSR count). The third kappa shape index (κ3) is 4.94. The Balaban J connectivity index is 2.05. The van der Waals surface area contributed by atoms with E-state index in [0.717, 1.165) is 30.7 Å². The van der Waals surface area contributed by atoms with Gasteiger partial charge in [0.1, 0.15) is 11.6 Å².